The van der Waals surface area contributed by atoms with E-state index in [1.165, 1.54) is 0 Å². The topological polar surface area (TPSA) is 86.5 Å². The third kappa shape index (κ3) is 5.39. The Kier molecular flexibility index (Phi) is 5.07. The molecule has 0 aromatic heterocycles. The largest absolute Gasteiger partial charge is 0.486 e. The molecule has 0 bridgehead atoms. The number of benzene rings is 1. The Labute approximate surface area is 113 Å². The van der Waals surface area contributed by atoms with Gasteiger partial charge in [0.05, 0.1) is 17.3 Å². The molecule has 0 aliphatic heterocycles. The van der Waals surface area contributed by atoms with Crippen molar-refractivity contribution in [1.82, 2.24) is 0 Å². The predicted molar refractivity (Wildman–Crippen MR) is 67.4 cm³/mol. The molecule has 0 saturated heterocycles. The smallest absolute Gasteiger partial charge is 0.311 e. The SMILES string of the molecule is CC(COc1cc(F)ccc1[N+](=O)[O-])CS(=O)(=O)Cl. The van der Waals surface area contributed by atoms with Crippen LogP contribution in [0.3, 0.4) is 0 Å². The molecule has 0 saturated carbocycles. The zero-order valence-corrected chi connectivity index (χ0v) is 11.4. The van der Waals surface area contributed by atoms with Gasteiger partial charge in [-0.2, -0.15) is 0 Å². The second-order valence-electron chi connectivity index (χ2n) is 3.99. The molecule has 106 valence electrons. The molecule has 0 N–H and O–H groups in total. The van der Waals surface area contributed by atoms with Crippen LogP contribution in [0, 0.1) is 21.8 Å². The van der Waals surface area contributed by atoms with Crippen LogP contribution in [0.2, 0.25) is 0 Å². The summed E-state index contributed by atoms with van der Waals surface area (Å²) in [5, 5.41) is 10.7. The molecule has 6 nitrogen and oxygen atoms in total. The molecule has 0 aliphatic carbocycles. The zero-order chi connectivity index (χ0) is 14.6. The highest BCUT2D eigenvalue weighted by atomic mass is 35.7. The number of nitro benzene ring substituents is 1. The van der Waals surface area contributed by atoms with Gasteiger partial charge in [0.15, 0.2) is 5.75 Å². The van der Waals surface area contributed by atoms with Crippen molar-refractivity contribution in [2.24, 2.45) is 5.92 Å². The van der Waals surface area contributed by atoms with Crippen LogP contribution in [0.5, 0.6) is 5.75 Å². The molecule has 1 aromatic carbocycles. The molecule has 0 aliphatic rings. The standard InChI is InChI=1S/C10H11ClFNO5S/c1-7(6-19(11,16)17)5-18-10-4-8(12)2-3-9(10)13(14)15/h2-4,7H,5-6H2,1H3. The lowest BCUT2D eigenvalue weighted by Gasteiger charge is -2.11. The fraction of sp³-hybridized carbons (Fsp3) is 0.400. The van der Waals surface area contributed by atoms with Gasteiger partial charge in [-0.3, -0.25) is 10.1 Å². The summed E-state index contributed by atoms with van der Waals surface area (Å²) in [5.41, 5.74) is -0.387. The molecule has 1 aromatic rings. The summed E-state index contributed by atoms with van der Waals surface area (Å²) in [7, 11) is 1.39. The molecule has 19 heavy (non-hydrogen) atoms. The molecule has 0 fully saturated rings. The summed E-state index contributed by atoms with van der Waals surface area (Å²) in [6.07, 6.45) is 0. The zero-order valence-electron chi connectivity index (χ0n) is 9.88. The van der Waals surface area contributed by atoms with Crippen molar-refractivity contribution < 1.29 is 22.5 Å². The lowest BCUT2D eigenvalue weighted by atomic mass is 10.2. The van der Waals surface area contributed by atoms with Crippen LogP contribution < -0.4 is 4.74 Å². The van der Waals surface area contributed by atoms with E-state index in [1.54, 1.807) is 6.92 Å². The quantitative estimate of drug-likeness (QED) is 0.457. The molecule has 0 amide bonds. The van der Waals surface area contributed by atoms with E-state index >= 15 is 0 Å². The van der Waals surface area contributed by atoms with Crippen LogP contribution in [-0.4, -0.2) is 25.7 Å². The third-order valence-corrected chi connectivity index (χ3v) is 3.47. The molecular weight excluding hydrogens is 301 g/mol. The van der Waals surface area contributed by atoms with E-state index in [9.17, 15) is 22.9 Å². The minimum atomic E-state index is -3.68. The minimum Gasteiger partial charge on any atom is -0.486 e. The van der Waals surface area contributed by atoms with E-state index < -0.39 is 25.7 Å². The van der Waals surface area contributed by atoms with Crippen LogP contribution in [0.25, 0.3) is 0 Å². The number of ether oxygens (including phenoxy) is 1. The number of nitro groups is 1. The van der Waals surface area contributed by atoms with E-state index in [0.717, 1.165) is 18.2 Å². The van der Waals surface area contributed by atoms with E-state index in [1.807, 2.05) is 0 Å². The van der Waals surface area contributed by atoms with Gasteiger partial charge in [-0.25, -0.2) is 12.8 Å². The van der Waals surface area contributed by atoms with Crippen LogP contribution >= 0.6 is 10.7 Å². The Morgan fingerprint density at radius 2 is 2.16 bits per heavy atom. The van der Waals surface area contributed by atoms with Gasteiger partial charge in [0, 0.05) is 28.7 Å². The maximum absolute atomic E-state index is 13.0. The van der Waals surface area contributed by atoms with Crippen molar-refractivity contribution in [3.05, 3.63) is 34.1 Å². The number of hydrogen-bond donors (Lipinski definition) is 0. The van der Waals surface area contributed by atoms with Gasteiger partial charge in [-0.1, -0.05) is 6.92 Å². The van der Waals surface area contributed by atoms with Crippen molar-refractivity contribution in [2.45, 2.75) is 6.92 Å². The Bertz CT molecular complexity index is 577. The first-order chi connectivity index (χ1) is 8.69. The number of hydrogen-bond acceptors (Lipinski definition) is 5. The van der Waals surface area contributed by atoms with Gasteiger partial charge in [0.1, 0.15) is 5.82 Å². The summed E-state index contributed by atoms with van der Waals surface area (Å²) in [5.74, 6) is -1.75. The predicted octanol–water partition coefficient (Wildman–Crippen LogP) is 2.32. The van der Waals surface area contributed by atoms with Gasteiger partial charge >= 0.3 is 5.69 Å². The molecule has 0 radical (unpaired) electrons. The summed E-state index contributed by atoms with van der Waals surface area (Å²) >= 11 is 0. The molecule has 0 heterocycles. The molecule has 9 heteroatoms. The second-order valence-corrected chi connectivity index (χ2v) is 6.81. The number of halogens is 2. The Morgan fingerprint density at radius 3 is 2.68 bits per heavy atom. The van der Waals surface area contributed by atoms with Crippen LogP contribution in [0.15, 0.2) is 18.2 Å². The van der Waals surface area contributed by atoms with Gasteiger partial charge in [0.2, 0.25) is 9.05 Å². The summed E-state index contributed by atoms with van der Waals surface area (Å²) < 4.78 is 39.7. The minimum absolute atomic E-state index is 0.129. The normalized spacial score (nSPS) is 13.0. The maximum Gasteiger partial charge on any atom is 0.311 e. The van der Waals surface area contributed by atoms with Crippen molar-refractivity contribution >= 4 is 25.4 Å². The highest BCUT2D eigenvalue weighted by Gasteiger charge is 2.18. The Hall–Kier alpha value is -1.41. The fourth-order valence-electron chi connectivity index (χ4n) is 1.37. The van der Waals surface area contributed by atoms with Crippen LogP contribution in [0.4, 0.5) is 10.1 Å². The number of nitrogens with zero attached hydrogens (tertiary/aromatic N) is 1. The van der Waals surface area contributed by atoms with E-state index in [2.05, 4.69) is 0 Å². The Morgan fingerprint density at radius 1 is 1.53 bits per heavy atom. The summed E-state index contributed by atoms with van der Waals surface area (Å²) in [6.45, 7) is 1.42. The highest BCUT2D eigenvalue weighted by Crippen LogP contribution is 2.27. The van der Waals surface area contributed by atoms with E-state index in [4.69, 9.17) is 15.4 Å². The molecule has 1 atom stereocenters. The van der Waals surface area contributed by atoms with Gasteiger partial charge in [-0.15, -0.1) is 0 Å². The van der Waals surface area contributed by atoms with E-state index in [-0.39, 0.29) is 23.8 Å². The highest BCUT2D eigenvalue weighted by molar-refractivity contribution is 8.13. The maximum atomic E-state index is 13.0. The van der Waals surface area contributed by atoms with Crippen LogP contribution in [0.1, 0.15) is 6.92 Å². The monoisotopic (exact) mass is 311 g/mol. The van der Waals surface area contributed by atoms with E-state index in [0.29, 0.717) is 0 Å². The summed E-state index contributed by atoms with van der Waals surface area (Å²) in [6, 6.07) is 2.80. The molecule has 1 unspecified atom stereocenters. The lowest BCUT2D eigenvalue weighted by Crippen LogP contribution is -2.17. The fourth-order valence-corrected chi connectivity index (χ4v) is 2.80. The molecular formula is C10H11ClFNO5S. The Balaban J connectivity index is 2.77. The summed E-state index contributed by atoms with van der Waals surface area (Å²) in [4.78, 5) is 9.98. The van der Waals surface area contributed by atoms with Crippen LogP contribution in [-0.2, 0) is 9.05 Å². The van der Waals surface area contributed by atoms with Crippen molar-refractivity contribution in [1.29, 1.82) is 0 Å². The van der Waals surface area contributed by atoms with Crippen molar-refractivity contribution in [2.75, 3.05) is 12.4 Å². The second kappa shape index (κ2) is 6.16. The molecule has 0 spiro atoms. The van der Waals surface area contributed by atoms with Gasteiger partial charge < -0.3 is 4.74 Å². The lowest BCUT2D eigenvalue weighted by molar-refractivity contribution is -0.386. The molecule has 1 rings (SSSR count). The van der Waals surface area contributed by atoms with Gasteiger partial charge in [0.25, 0.3) is 0 Å². The first kappa shape index (κ1) is 15.6. The van der Waals surface area contributed by atoms with Gasteiger partial charge in [-0.05, 0) is 6.07 Å². The average Bonchev–Trinajstić information content (AvgIpc) is 2.23. The first-order valence-corrected chi connectivity index (χ1v) is 7.66. The van der Waals surface area contributed by atoms with Crippen molar-refractivity contribution in [3.8, 4) is 5.75 Å². The average molecular weight is 312 g/mol. The number of rotatable bonds is 6. The van der Waals surface area contributed by atoms with Crippen molar-refractivity contribution in [3.63, 3.8) is 0 Å². The third-order valence-electron chi connectivity index (χ3n) is 2.13. The first-order valence-electron chi connectivity index (χ1n) is 5.18.